The van der Waals surface area contributed by atoms with Crippen LogP contribution in [0.2, 0.25) is 0 Å². The Morgan fingerprint density at radius 1 is 1.30 bits per heavy atom. The molecule has 0 spiro atoms. The minimum absolute atomic E-state index is 0.0327. The Morgan fingerprint density at radius 3 is 2.65 bits per heavy atom. The number of nitrogens with zero attached hydrogens (tertiary/aromatic N) is 1. The second-order valence-corrected chi connectivity index (χ2v) is 4.82. The summed E-state index contributed by atoms with van der Waals surface area (Å²) in [4.78, 5) is 23.4. The molecule has 7 heteroatoms. The van der Waals surface area contributed by atoms with Gasteiger partial charge in [0.25, 0.3) is 5.91 Å². The van der Waals surface area contributed by atoms with Gasteiger partial charge in [0.1, 0.15) is 5.75 Å². The Bertz CT molecular complexity index is 572. The lowest BCUT2D eigenvalue weighted by atomic mass is 10.1. The van der Waals surface area contributed by atoms with Crippen molar-refractivity contribution in [2.45, 2.75) is 20.8 Å². The van der Waals surface area contributed by atoms with Crippen molar-refractivity contribution in [1.29, 1.82) is 0 Å². The van der Waals surface area contributed by atoms with Crippen LogP contribution in [0, 0.1) is 5.92 Å². The number of hydrazone groups is 1. The molecule has 1 rings (SSSR count). The highest BCUT2D eigenvalue weighted by Gasteiger charge is 2.17. The first-order chi connectivity index (χ1) is 11.0. The van der Waals surface area contributed by atoms with Crippen LogP contribution in [0.3, 0.4) is 0 Å². The maximum Gasteiger partial charge on any atom is 0.314 e. The molecular formula is C16H23N3O4. The van der Waals surface area contributed by atoms with Crippen molar-refractivity contribution in [3.8, 4) is 5.75 Å². The molecule has 0 saturated carbocycles. The van der Waals surface area contributed by atoms with Gasteiger partial charge in [-0.05, 0) is 32.9 Å². The lowest BCUT2D eigenvalue weighted by Crippen LogP contribution is -2.29. The highest BCUT2D eigenvalue weighted by molar-refractivity contribution is 6.00. The van der Waals surface area contributed by atoms with Gasteiger partial charge in [-0.1, -0.05) is 12.1 Å². The highest BCUT2D eigenvalue weighted by atomic mass is 16.5. The maximum atomic E-state index is 11.8. The first-order valence-electron chi connectivity index (χ1n) is 7.36. The summed E-state index contributed by atoms with van der Waals surface area (Å²) >= 11 is 0. The van der Waals surface area contributed by atoms with Gasteiger partial charge in [0.2, 0.25) is 0 Å². The average Bonchev–Trinajstić information content (AvgIpc) is 2.57. The van der Waals surface area contributed by atoms with E-state index in [9.17, 15) is 9.59 Å². The van der Waals surface area contributed by atoms with Crippen molar-refractivity contribution in [1.82, 2.24) is 5.43 Å². The summed E-state index contributed by atoms with van der Waals surface area (Å²) < 4.78 is 10.1. The summed E-state index contributed by atoms with van der Waals surface area (Å²) in [7, 11) is 1.56. The Labute approximate surface area is 136 Å². The first-order valence-corrected chi connectivity index (χ1v) is 7.36. The molecule has 0 radical (unpaired) electrons. The van der Waals surface area contributed by atoms with Gasteiger partial charge in [0.15, 0.2) is 0 Å². The van der Waals surface area contributed by atoms with Gasteiger partial charge in [-0.15, -0.1) is 0 Å². The number of methoxy groups -OCH3 is 1. The van der Waals surface area contributed by atoms with Gasteiger partial charge >= 0.3 is 5.97 Å². The van der Waals surface area contributed by atoms with E-state index in [4.69, 9.17) is 9.47 Å². The molecule has 0 aliphatic heterocycles. The number of hydrogen-bond donors (Lipinski definition) is 2. The molecule has 0 fully saturated rings. The molecule has 1 aromatic carbocycles. The third-order valence-corrected chi connectivity index (χ3v) is 3.17. The van der Waals surface area contributed by atoms with E-state index in [-0.39, 0.29) is 18.4 Å². The molecule has 0 aromatic heterocycles. The van der Waals surface area contributed by atoms with Crippen LogP contribution in [0.15, 0.2) is 29.4 Å². The molecule has 1 amide bonds. The van der Waals surface area contributed by atoms with Gasteiger partial charge in [0, 0.05) is 5.71 Å². The van der Waals surface area contributed by atoms with E-state index in [0.717, 1.165) is 0 Å². The van der Waals surface area contributed by atoms with Crippen LogP contribution in [-0.4, -0.2) is 37.8 Å². The number of nitrogens with one attached hydrogen (secondary N) is 2. The zero-order valence-electron chi connectivity index (χ0n) is 13.9. The topological polar surface area (TPSA) is 89.0 Å². The standard InChI is InChI=1S/C16H23N3O4/c1-5-23-16(21)11(2)12(3)18-19-15(20)10-17-13-8-6-7-9-14(13)22-4/h6-9,11,17H,5,10H2,1-4H3,(H,19,20)/b18-12-. The molecular weight excluding hydrogens is 298 g/mol. The average molecular weight is 321 g/mol. The Morgan fingerprint density at radius 2 is 2.00 bits per heavy atom. The van der Waals surface area contributed by atoms with E-state index >= 15 is 0 Å². The smallest absolute Gasteiger partial charge is 0.314 e. The third-order valence-electron chi connectivity index (χ3n) is 3.17. The molecule has 0 saturated heterocycles. The third kappa shape index (κ3) is 5.98. The summed E-state index contributed by atoms with van der Waals surface area (Å²) in [5, 5.41) is 6.89. The van der Waals surface area contributed by atoms with Crippen LogP contribution >= 0.6 is 0 Å². The summed E-state index contributed by atoms with van der Waals surface area (Å²) in [6, 6.07) is 7.29. The second-order valence-electron chi connectivity index (χ2n) is 4.82. The number of benzene rings is 1. The summed E-state index contributed by atoms with van der Waals surface area (Å²) in [5.41, 5.74) is 3.60. The Balaban J connectivity index is 2.50. The van der Waals surface area contributed by atoms with E-state index in [0.29, 0.717) is 23.8 Å². The number of esters is 1. The normalized spacial score (nSPS) is 12.3. The van der Waals surface area contributed by atoms with Crippen molar-refractivity contribution in [3.05, 3.63) is 24.3 Å². The van der Waals surface area contributed by atoms with Gasteiger partial charge in [-0.3, -0.25) is 9.59 Å². The number of hydrogen-bond acceptors (Lipinski definition) is 6. The lowest BCUT2D eigenvalue weighted by Gasteiger charge is -2.11. The van der Waals surface area contributed by atoms with E-state index in [1.165, 1.54) is 0 Å². The van der Waals surface area contributed by atoms with Gasteiger partial charge in [-0.2, -0.15) is 5.10 Å². The number of anilines is 1. The minimum atomic E-state index is -0.502. The highest BCUT2D eigenvalue weighted by Crippen LogP contribution is 2.22. The molecule has 0 aliphatic carbocycles. The number of para-hydroxylation sites is 2. The zero-order valence-corrected chi connectivity index (χ0v) is 13.9. The Hall–Kier alpha value is -2.57. The van der Waals surface area contributed by atoms with Crippen LogP contribution in [-0.2, 0) is 14.3 Å². The van der Waals surface area contributed by atoms with Crippen molar-refractivity contribution in [2.24, 2.45) is 11.0 Å². The summed E-state index contributed by atoms with van der Waals surface area (Å²) in [5.74, 6) is -0.546. The summed E-state index contributed by atoms with van der Waals surface area (Å²) in [6.07, 6.45) is 0. The predicted molar refractivity (Wildman–Crippen MR) is 88.5 cm³/mol. The van der Waals surface area contributed by atoms with Crippen LogP contribution in [0.5, 0.6) is 5.75 Å². The molecule has 1 aromatic rings. The number of carbonyl (C=O) groups excluding carboxylic acids is 2. The second kappa shape index (κ2) is 9.45. The van der Waals surface area contributed by atoms with Crippen molar-refractivity contribution in [3.63, 3.8) is 0 Å². The number of carbonyl (C=O) groups is 2. The number of ether oxygens (including phenoxy) is 2. The molecule has 0 heterocycles. The largest absolute Gasteiger partial charge is 0.495 e. The van der Waals surface area contributed by atoms with E-state index in [1.54, 1.807) is 33.9 Å². The monoisotopic (exact) mass is 321 g/mol. The quantitative estimate of drug-likeness (QED) is 0.433. The SMILES string of the molecule is CCOC(=O)C(C)/C(C)=N\NC(=O)CNc1ccccc1OC. The lowest BCUT2D eigenvalue weighted by molar-refractivity contribution is -0.145. The predicted octanol–water partition coefficient (Wildman–Crippen LogP) is 1.80. The molecule has 0 bridgehead atoms. The molecule has 2 N–H and O–H groups in total. The molecule has 0 aliphatic rings. The minimum Gasteiger partial charge on any atom is -0.495 e. The fourth-order valence-corrected chi connectivity index (χ4v) is 1.69. The zero-order chi connectivity index (χ0) is 17.2. The number of amides is 1. The van der Waals surface area contributed by atoms with E-state index in [2.05, 4.69) is 15.8 Å². The van der Waals surface area contributed by atoms with Gasteiger partial charge in [0.05, 0.1) is 31.9 Å². The first kappa shape index (κ1) is 18.5. The van der Waals surface area contributed by atoms with E-state index in [1.807, 2.05) is 18.2 Å². The van der Waals surface area contributed by atoms with Gasteiger partial charge < -0.3 is 14.8 Å². The maximum absolute atomic E-state index is 11.8. The molecule has 1 atom stereocenters. The Kier molecular flexibility index (Phi) is 7.59. The summed E-state index contributed by atoms with van der Waals surface area (Å²) in [6.45, 7) is 5.42. The fraction of sp³-hybridized carbons (Fsp3) is 0.438. The van der Waals surface area contributed by atoms with Crippen molar-refractivity contribution in [2.75, 3.05) is 25.6 Å². The molecule has 126 valence electrons. The molecule has 23 heavy (non-hydrogen) atoms. The van der Waals surface area contributed by atoms with Crippen LogP contribution < -0.4 is 15.5 Å². The van der Waals surface area contributed by atoms with Crippen molar-refractivity contribution < 1.29 is 19.1 Å². The van der Waals surface area contributed by atoms with Crippen molar-refractivity contribution >= 4 is 23.3 Å². The van der Waals surface area contributed by atoms with E-state index < -0.39 is 5.92 Å². The van der Waals surface area contributed by atoms with Crippen LogP contribution in [0.25, 0.3) is 0 Å². The van der Waals surface area contributed by atoms with Crippen LogP contribution in [0.4, 0.5) is 5.69 Å². The molecule has 1 unspecified atom stereocenters. The number of rotatable bonds is 8. The molecule has 7 nitrogen and oxygen atoms in total. The van der Waals surface area contributed by atoms with Crippen LogP contribution in [0.1, 0.15) is 20.8 Å². The fourth-order valence-electron chi connectivity index (χ4n) is 1.69. The van der Waals surface area contributed by atoms with Gasteiger partial charge in [-0.25, -0.2) is 5.43 Å².